The minimum absolute atomic E-state index is 0.242. The Morgan fingerprint density at radius 3 is 2.83 bits per heavy atom. The van der Waals surface area contributed by atoms with Gasteiger partial charge in [0.15, 0.2) is 0 Å². The Morgan fingerprint density at radius 1 is 1.39 bits per heavy atom. The second-order valence-electron chi connectivity index (χ2n) is 5.29. The lowest BCUT2D eigenvalue weighted by Gasteiger charge is -2.32. The maximum atomic E-state index is 12.2. The third-order valence-corrected chi connectivity index (χ3v) is 3.65. The summed E-state index contributed by atoms with van der Waals surface area (Å²) in [6.07, 6.45) is 0.522. The van der Waals surface area contributed by atoms with E-state index < -0.39 is 0 Å². The summed E-state index contributed by atoms with van der Waals surface area (Å²) in [5, 5.41) is 3.35. The van der Waals surface area contributed by atoms with Gasteiger partial charge in [0.25, 0.3) is 0 Å². The van der Waals surface area contributed by atoms with Gasteiger partial charge in [-0.1, -0.05) is 18.2 Å². The number of hydrogen-bond acceptors (Lipinski definition) is 2. The standard InChI is InChI=1S/C15H22N2O/c1-11-4-5-14(8-12(11)2)9-15(18)17-7-6-16-13(3)10-17/h4-5,8,13,16H,6-7,9-10H2,1-3H3/t13-/m0/s1. The number of hydrogen-bond donors (Lipinski definition) is 1. The molecule has 2 rings (SSSR count). The van der Waals surface area contributed by atoms with Crippen molar-refractivity contribution >= 4 is 5.91 Å². The molecule has 1 aromatic carbocycles. The van der Waals surface area contributed by atoms with E-state index in [4.69, 9.17) is 0 Å². The van der Waals surface area contributed by atoms with Gasteiger partial charge in [0.1, 0.15) is 0 Å². The smallest absolute Gasteiger partial charge is 0.227 e. The lowest BCUT2D eigenvalue weighted by molar-refractivity contribution is -0.131. The van der Waals surface area contributed by atoms with Gasteiger partial charge in [-0.05, 0) is 37.5 Å². The molecule has 1 atom stereocenters. The van der Waals surface area contributed by atoms with Gasteiger partial charge in [-0.25, -0.2) is 0 Å². The second kappa shape index (κ2) is 5.53. The predicted molar refractivity (Wildman–Crippen MR) is 73.7 cm³/mol. The molecule has 3 heteroatoms. The summed E-state index contributed by atoms with van der Waals surface area (Å²) >= 11 is 0. The maximum absolute atomic E-state index is 12.2. The largest absolute Gasteiger partial charge is 0.340 e. The molecule has 1 aromatic rings. The van der Waals surface area contributed by atoms with Crippen molar-refractivity contribution in [2.45, 2.75) is 33.2 Å². The zero-order valence-corrected chi connectivity index (χ0v) is 11.5. The molecule has 1 amide bonds. The van der Waals surface area contributed by atoms with Crippen LogP contribution in [-0.2, 0) is 11.2 Å². The van der Waals surface area contributed by atoms with Crippen LogP contribution in [0.3, 0.4) is 0 Å². The van der Waals surface area contributed by atoms with Crippen molar-refractivity contribution in [2.75, 3.05) is 19.6 Å². The SMILES string of the molecule is Cc1ccc(CC(=O)N2CCN[C@@H](C)C2)cc1C. The third kappa shape index (κ3) is 3.10. The number of carbonyl (C=O) groups is 1. The van der Waals surface area contributed by atoms with E-state index in [9.17, 15) is 4.79 Å². The molecular formula is C15H22N2O. The number of aryl methyl sites for hydroxylation is 2. The highest BCUT2D eigenvalue weighted by Gasteiger charge is 2.20. The van der Waals surface area contributed by atoms with Gasteiger partial charge in [-0.2, -0.15) is 0 Å². The van der Waals surface area contributed by atoms with Gasteiger partial charge < -0.3 is 10.2 Å². The quantitative estimate of drug-likeness (QED) is 0.861. The van der Waals surface area contributed by atoms with Gasteiger partial charge >= 0.3 is 0 Å². The topological polar surface area (TPSA) is 32.3 Å². The molecular weight excluding hydrogens is 224 g/mol. The second-order valence-corrected chi connectivity index (χ2v) is 5.29. The van der Waals surface area contributed by atoms with Crippen molar-refractivity contribution in [2.24, 2.45) is 0 Å². The summed E-state index contributed by atoms with van der Waals surface area (Å²) in [4.78, 5) is 14.2. The number of nitrogens with zero attached hydrogens (tertiary/aromatic N) is 1. The highest BCUT2D eigenvalue weighted by Crippen LogP contribution is 2.12. The van der Waals surface area contributed by atoms with Crippen LogP contribution in [0.15, 0.2) is 18.2 Å². The molecule has 1 heterocycles. The number of rotatable bonds is 2. The van der Waals surface area contributed by atoms with Crippen molar-refractivity contribution in [1.29, 1.82) is 0 Å². The Balaban J connectivity index is 2.00. The predicted octanol–water partition coefficient (Wildman–Crippen LogP) is 1.67. The van der Waals surface area contributed by atoms with Gasteiger partial charge in [0, 0.05) is 25.7 Å². The van der Waals surface area contributed by atoms with E-state index in [1.54, 1.807) is 0 Å². The van der Waals surface area contributed by atoms with Crippen LogP contribution < -0.4 is 5.32 Å². The molecule has 1 aliphatic rings. The molecule has 0 radical (unpaired) electrons. The molecule has 1 N–H and O–H groups in total. The zero-order valence-electron chi connectivity index (χ0n) is 11.5. The third-order valence-electron chi connectivity index (χ3n) is 3.65. The Bertz CT molecular complexity index is 442. The lowest BCUT2D eigenvalue weighted by atomic mass is 10.0. The molecule has 0 aromatic heterocycles. The highest BCUT2D eigenvalue weighted by molar-refractivity contribution is 5.79. The van der Waals surface area contributed by atoms with E-state index >= 15 is 0 Å². The Labute approximate surface area is 109 Å². The van der Waals surface area contributed by atoms with Crippen LogP contribution in [0.25, 0.3) is 0 Å². The van der Waals surface area contributed by atoms with Crippen molar-refractivity contribution in [3.05, 3.63) is 34.9 Å². The number of piperazine rings is 1. The number of nitrogens with one attached hydrogen (secondary N) is 1. The van der Waals surface area contributed by atoms with E-state index in [0.717, 1.165) is 25.2 Å². The van der Waals surface area contributed by atoms with Crippen LogP contribution in [0, 0.1) is 13.8 Å². The fourth-order valence-corrected chi connectivity index (χ4v) is 2.36. The van der Waals surface area contributed by atoms with E-state index in [1.807, 2.05) is 4.90 Å². The monoisotopic (exact) mass is 246 g/mol. The van der Waals surface area contributed by atoms with Crippen molar-refractivity contribution < 1.29 is 4.79 Å². The average Bonchev–Trinajstić information content (AvgIpc) is 2.34. The maximum Gasteiger partial charge on any atom is 0.227 e. The van der Waals surface area contributed by atoms with Gasteiger partial charge in [0.05, 0.1) is 6.42 Å². The van der Waals surface area contributed by atoms with Crippen molar-refractivity contribution in [3.63, 3.8) is 0 Å². The molecule has 98 valence electrons. The van der Waals surface area contributed by atoms with Crippen molar-refractivity contribution in [1.82, 2.24) is 10.2 Å². The summed E-state index contributed by atoms with van der Waals surface area (Å²) in [5.74, 6) is 0.242. The average molecular weight is 246 g/mol. The molecule has 1 saturated heterocycles. The Morgan fingerprint density at radius 2 is 2.17 bits per heavy atom. The normalized spacial score (nSPS) is 19.9. The highest BCUT2D eigenvalue weighted by atomic mass is 16.2. The van der Waals surface area contributed by atoms with Crippen LogP contribution in [0.1, 0.15) is 23.6 Å². The van der Waals surface area contributed by atoms with Gasteiger partial charge in [0.2, 0.25) is 5.91 Å². The summed E-state index contributed by atoms with van der Waals surface area (Å²) in [5.41, 5.74) is 3.66. The summed E-state index contributed by atoms with van der Waals surface area (Å²) in [6, 6.07) is 6.69. The van der Waals surface area contributed by atoms with E-state index in [-0.39, 0.29) is 5.91 Å². The molecule has 0 unspecified atom stereocenters. The molecule has 1 aliphatic heterocycles. The molecule has 3 nitrogen and oxygen atoms in total. The fourth-order valence-electron chi connectivity index (χ4n) is 2.36. The lowest BCUT2D eigenvalue weighted by Crippen LogP contribution is -2.51. The summed E-state index contributed by atoms with van der Waals surface area (Å²) in [7, 11) is 0. The first kappa shape index (κ1) is 13.1. The molecule has 0 spiro atoms. The van der Waals surface area contributed by atoms with E-state index in [1.165, 1.54) is 11.1 Å². The van der Waals surface area contributed by atoms with E-state index in [0.29, 0.717) is 12.5 Å². The van der Waals surface area contributed by atoms with Crippen LogP contribution in [0.2, 0.25) is 0 Å². The minimum Gasteiger partial charge on any atom is -0.340 e. The van der Waals surface area contributed by atoms with Crippen molar-refractivity contribution in [3.8, 4) is 0 Å². The molecule has 0 bridgehead atoms. The van der Waals surface area contributed by atoms with Gasteiger partial charge in [-0.3, -0.25) is 4.79 Å². The van der Waals surface area contributed by atoms with Crippen LogP contribution in [-0.4, -0.2) is 36.5 Å². The Hall–Kier alpha value is -1.35. The van der Waals surface area contributed by atoms with Crippen LogP contribution in [0.5, 0.6) is 0 Å². The summed E-state index contributed by atoms with van der Waals surface area (Å²) in [6.45, 7) is 8.86. The fraction of sp³-hybridized carbons (Fsp3) is 0.533. The molecule has 18 heavy (non-hydrogen) atoms. The zero-order chi connectivity index (χ0) is 13.1. The Kier molecular flexibility index (Phi) is 4.02. The molecule has 0 saturated carbocycles. The van der Waals surface area contributed by atoms with Gasteiger partial charge in [-0.15, -0.1) is 0 Å². The summed E-state index contributed by atoms with van der Waals surface area (Å²) < 4.78 is 0. The first-order valence-electron chi connectivity index (χ1n) is 6.63. The number of carbonyl (C=O) groups excluding carboxylic acids is 1. The van der Waals surface area contributed by atoms with Crippen LogP contribution in [0.4, 0.5) is 0 Å². The molecule has 1 fully saturated rings. The number of amides is 1. The number of benzene rings is 1. The van der Waals surface area contributed by atoms with E-state index in [2.05, 4.69) is 44.3 Å². The molecule has 0 aliphatic carbocycles. The van der Waals surface area contributed by atoms with Crippen LogP contribution >= 0.6 is 0 Å². The first-order valence-corrected chi connectivity index (χ1v) is 6.63. The first-order chi connectivity index (χ1) is 8.56. The minimum atomic E-state index is 0.242.